The molecule has 146 valence electrons. The second-order valence-electron chi connectivity index (χ2n) is 7.69. The highest BCUT2D eigenvalue weighted by molar-refractivity contribution is 5.97. The monoisotopic (exact) mass is 371 g/mol. The van der Waals surface area contributed by atoms with E-state index in [0.29, 0.717) is 24.1 Å². The molecule has 1 aromatic carbocycles. The van der Waals surface area contributed by atoms with Gasteiger partial charge in [0.1, 0.15) is 0 Å². The molecule has 0 aromatic heterocycles. The Balaban J connectivity index is 1.57. The number of benzene rings is 1. The van der Waals surface area contributed by atoms with Crippen molar-refractivity contribution in [2.24, 2.45) is 11.8 Å². The van der Waals surface area contributed by atoms with Crippen molar-refractivity contribution in [3.63, 3.8) is 0 Å². The summed E-state index contributed by atoms with van der Waals surface area (Å²) in [5, 5.41) is 17.1. The summed E-state index contributed by atoms with van der Waals surface area (Å²) in [6.45, 7) is 0. The van der Waals surface area contributed by atoms with Gasteiger partial charge in [-0.05, 0) is 49.9 Å². The minimum Gasteiger partial charge on any atom is -0.550 e. The molecule has 2 fully saturated rings. The van der Waals surface area contributed by atoms with E-state index in [1.54, 1.807) is 24.3 Å². The zero-order valence-electron chi connectivity index (χ0n) is 15.5. The van der Waals surface area contributed by atoms with Gasteiger partial charge in [0.2, 0.25) is 5.91 Å². The predicted octanol–water partition coefficient (Wildman–Crippen LogP) is 2.24. The number of hydrogen-bond acceptors (Lipinski definition) is 4. The van der Waals surface area contributed by atoms with Gasteiger partial charge in [0.15, 0.2) is 0 Å². The van der Waals surface area contributed by atoms with Crippen LogP contribution in [0.15, 0.2) is 24.3 Å². The van der Waals surface area contributed by atoms with E-state index in [9.17, 15) is 19.5 Å². The fourth-order valence-corrected chi connectivity index (χ4v) is 4.18. The number of rotatable bonds is 5. The molecule has 0 radical (unpaired) electrons. The van der Waals surface area contributed by atoms with Gasteiger partial charge in [-0.2, -0.15) is 0 Å². The van der Waals surface area contributed by atoms with E-state index >= 15 is 0 Å². The number of nitrogens with one attached hydrogen (secondary N) is 2. The van der Waals surface area contributed by atoms with Gasteiger partial charge in [0, 0.05) is 35.1 Å². The normalized spacial score (nSPS) is 23.4. The minimum absolute atomic E-state index is 0.0935. The molecule has 0 saturated heterocycles. The summed E-state index contributed by atoms with van der Waals surface area (Å²) in [7, 11) is 0. The number of aliphatic carboxylic acids is 1. The van der Waals surface area contributed by atoms with Crippen LogP contribution >= 0.6 is 0 Å². The van der Waals surface area contributed by atoms with Crippen molar-refractivity contribution in [1.29, 1.82) is 0 Å². The standard InChI is InChI=1S/C21H28N2O4/c24-19(22-15-6-2-1-3-7-15)14-10-12-16(13-11-14)23-20(25)17-8-4-5-9-18(17)21(26)27/h10-13,15,17-18H,1-9H2,(H,22,24)(H,23,25)(H,26,27)/p-1/t17-,18+/m0/s1. The quantitative estimate of drug-likeness (QED) is 0.829. The van der Waals surface area contributed by atoms with Crippen LogP contribution in [0.2, 0.25) is 0 Å². The molecule has 2 saturated carbocycles. The Labute approximate surface area is 159 Å². The molecule has 2 N–H and O–H groups in total. The van der Waals surface area contributed by atoms with E-state index < -0.39 is 17.8 Å². The van der Waals surface area contributed by atoms with Crippen molar-refractivity contribution < 1.29 is 19.5 Å². The number of carboxylic acid groups (broad SMARTS) is 1. The SMILES string of the molecule is O=C(NC1CCCCC1)c1ccc(NC(=O)[C@H]2CCCC[C@H]2C(=O)[O-])cc1. The lowest BCUT2D eigenvalue weighted by atomic mass is 9.78. The minimum atomic E-state index is -1.15. The van der Waals surface area contributed by atoms with Crippen LogP contribution in [0.25, 0.3) is 0 Å². The van der Waals surface area contributed by atoms with E-state index in [0.717, 1.165) is 38.5 Å². The van der Waals surface area contributed by atoms with Gasteiger partial charge in [-0.15, -0.1) is 0 Å². The van der Waals surface area contributed by atoms with E-state index in [1.165, 1.54) is 6.42 Å². The summed E-state index contributed by atoms with van der Waals surface area (Å²) in [5.74, 6) is -2.81. The summed E-state index contributed by atoms with van der Waals surface area (Å²) < 4.78 is 0. The van der Waals surface area contributed by atoms with Gasteiger partial charge in [0.05, 0.1) is 0 Å². The molecule has 2 amide bonds. The highest BCUT2D eigenvalue weighted by Crippen LogP contribution is 2.30. The molecule has 2 aliphatic carbocycles. The third-order valence-electron chi connectivity index (χ3n) is 5.76. The smallest absolute Gasteiger partial charge is 0.251 e. The number of carbonyl (C=O) groups excluding carboxylic acids is 3. The molecule has 0 bridgehead atoms. The summed E-state index contributed by atoms with van der Waals surface area (Å²) in [6, 6.07) is 6.99. The Kier molecular flexibility index (Phi) is 6.48. The third-order valence-corrected chi connectivity index (χ3v) is 5.76. The molecule has 0 aliphatic heterocycles. The van der Waals surface area contributed by atoms with Gasteiger partial charge in [-0.1, -0.05) is 32.1 Å². The first-order valence-electron chi connectivity index (χ1n) is 9.97. The molecule has 3 rings (SSSR count). The van der Waals surface area contributed by atoms with Crippen LogP contribution in [0.3, 0.4) is 0 Å². The molecule has 1 aromatic rings. The maximum atomic E-state index is 12.5. The van der Waals surface area contributed by atoms with Gasteiger partial charge in [-0.3, -0.25) is 9.59 Å². The number of amides is 2. The summed E-state index contributed by atoms with van der Waals surface area (Å²) >= 11 is 0. The lowest BCUT2D eigenvalue weighted by Crippen LogP contribution is -2.42. The molecule has 6 nitrogen and oxygen atoms in total. The molecule has 6 heteroatoms. The average molecular weight is 371 g/mol. The third kappa shape index (κ3) is 5.08. The number of anilines is 1. The summed E-state index contributed by atoms with van der Waals surface area (Å²) in [5.41, 5.74) is 1.13. The highest BCUT2D eigenvalue weighted by Gasteiger charge is 2.31. The summed E-state index contributed by atoms with van der Waals surface area (Å²) in [6.07, 6.45) is 8.32. The second kappa shape index (κ2) is 9.02. The number of hydrogen-bond donors (Lipinski definition) is 2. The molecule has 2 aliphatic rings. The maximum Gasteiger partial charge on any atom is 0.251 e. The highest BCUT2D eigenvalue weighted by atomic mass is 16.4. The lowest BCUT2D eigenvalue weighted by Gasteiger charge is -2.31. The Morgan fingerprint density at radius 3 is 2.04 bits per heavy atom. The Morgan fingerprint density at radius 2 is 1.41 bits per heavy atom. The van der Waals surface area contributed by atoms with Gasteiger partial charge in [0.25, 0.3) is 5.91 Å². The largest absolute Gasteiger partial charge is 0.550 e. The van der Waals surface area contributed by atoms with Crippen LogP contribution in [0.4, 0.5) is 5.69 Å². The molecular formula is C21H27N2O4-. The van der Waals surface area contributed by atoms with E-state index in [-0.39, 0.29) is 17.9 Å². The first kappa shape index (κ1) is 19.4. The van der Waals surface area contributed by atoms with Crippen molar-refractivity contribution >= 4 is 23.5 Å². The van der Waals surface area contributed by atoms with Crippen molar-refractivity contribution in [2.45, 2.75) is 63.8 Å². The van der Waals surface area contributed by atoms with Gasteiger partial charge >= 0.3 is 0 Å². The van der Waals surface area contributed by atoms with E-state index in [1.807, 2.05) is 0 Å². The molecule has 0 spiro atoms. The molecule has 27 heavy (non-hydrogen) atoms. The van der Waals surface area contributed by atoms with Crippen LogP contribution in [-0.4, -0.2) is 23.8 Å². The van der Waals surface area contributed by atoms with E-state index in [4.69, 9.17) is 0 Å². The maximum absolute atomic E-state index is 12.5. The number of carboxylic acids is 1. The van der Waals surface area contributed by atoms with Crippen LogP contribution in [0.1, 0.15) is 68.1 Å². The van der Waals surface area contributed by atoms with Gasteiger partial charge in [-0.25, -0.2) is 0 Å². The summed E-state index contributed by atoms with van der Waals surface area (Å²) in [4.78, 5) is 36.1. The predicted molar refractivity (Wildman–Crippen MR) is 99.9 cm³/mol. The van der Waals surface area contributed by atoms with Crippen molar-refractivity contribution in [2.75, 3.05) is 5.32 Å². The zero-order chi connectivity index (χ0) is 19.2. The fraction of sp³-hybridized carbons (Fsp3) is 0.571. The van der Waals surface area contributed by atoms with E-state index in [2.05, 4.69) is 10.6 Å². The lowest BCUT2D eigenvalue weighted by molar-refractivity contribution is -0.313. The van der Waals surface area contributed by atoms with Crippen molar-refractivity contribution in [1.82, 2.24) is 5.32 Å². The van der Waals surface area contributed by atoms with Crippen LogP contribution in [-0.2, 0) is 9.59 Å². The Bertz CT molecular complexity index is 680. The second-order valence-corrected chi connectivity index (χ2v) is 7.69. The topological polar surface area (TPSA) is 98.3 Å². The Hall–Kier alpha value is -2.37. The molecule has 2 atom stereocenters. The number of carbonyl (C=O) groups is 3. The first-order chi connectivity index (χ1) is 13.0. The Morgan fingerprint density at radius 1 is 0.815 bits per heavy atom. The van der Waals surface area contributed by atoms with Crippen molar-refractivity contribution in [3.05, 3.63) is 29.8 Å². The first-order valence-corrected chi connectivity index (χ1v) is 9.97. The zero-order valence-corrected chi connectivity index (χ0v) is 15.5. The molecular weight excluding hydrogens is 344 g/mol. The van der Waals surface area contributed by atoms with Crippen molar-refractivity contribution in [3.8, 4) is 0 Å². The van der Waals surface area contributed by atoms with Gasteiger partial charge < -0.3 is 20.5 Å². The molecule has 0 heterocycles. The van der Waals surface area contributed by atoms with Crippen LogP contribution in [0.5, 0.6) is 0 Å². The van der Waals surface area contributed by atoms with Crippen LogP contribution < -0.4 is 15.7 Å². The average Bonchev–Trinajstić information content (AvgIpc) is 2.69. The molecule has 0 unspecified atom stereocenters. The fourth-order valence-electron chi connectivity index (χ4n) is 4.18. The van der Waals surface area contributed by atoms with Crippen LogP contribution in [0, 0.1) is 11.8 Å².